The molecule has 1 aliphatic heterocycles. The molecule has 1 unspecified atom stereocenters. The molecule has 1 aliphatic rings. The number of rotatable bonds is 3. The molecular weight excluding hydrogens is 150 g/mol. The van der Waals surface area contributed by atoms with Crippen LogP contribution in [-0.2, 0) is 4.79 Å². The van der Waals surface area contributed by atoms with E-state index in [1.165, 1.54) is 0 Å². The number of hydrogen-bond acceptors (Lipinski definition) is 1. The molecule has 1 heterocycles. The van der Waals surface area contributed by atoms with Gasteiger partial charge in [0.2, 0.25) is 5.91 Å². The Bertz CT molecular complexity index is 173. The monoisotopic (exact) mass is 168 g/mol. The SMILES string of the molecule is [CH2]CC(C)(CC)N1CCCC1=O. The Morgan fingerprint density at radius 3 is 2.67 bits per heavy atom. The predicted octanol–water partition coefficient (Wildman–Crippen LogP) is 2.00. The summed E-state index contributed by atoms with van der Waals surface area (Å²) in [6, 6.07) is 0. The van der Waals surface area contributed by atoms with Crippen molar-refractivity contribution in [3.05, 3.63) is 6.92 Å². The molecule has 1 saturated heterocycles. The fourth-order valence-electron chi connectivity index (χ4n) is 1.72. The molecule has 0 aliphatic carbocycles. The number of likely N-dealkylation sites (tertiary alicyclic amines) is 1. The molecular formula is C10H18NO. The van der Waals surface area contributed by atoms with E-state index in [2.05, 4.69) is 20.8 Å². The van der Waals surface area contributed by atoms with Gasteiger partial charge in [-0.05, 0) is 26.2 Å². The van der Waals surface area contributed by atoms with Crippen molar-refractivity contribution in [2.24, 2.45) is 0 Å². The van der Waals surface area contributed by atoms with Crippen LogP contribution in [0, 0.1) is 6.92 Å². The second-order valence-electron chi connectivity index (χ2n) is 3.75. The average Bonchev–Trinajstić information content (AvgIpc) is 2.51. The second kappa shape index (κ2) is 3.46. The minimum absolute atomic E-state index is 0.00752. The third-order valence-electron chi connectivity index (χ3n) is 3.03. The average molecular weight is 168 g/mol. The molecule has 2 heteroatoms. The highest BCUT2D eigenvalue weighted by Crippen LogP contribution is 2.27. The largest absolute Gasteiger partial charge is 0.337 e. The fourth-order valence-corrected chi connectivity index (χ4v) is 1.72. The van der Waals surface area contributed by atoms with Gasteiger partial charge in [-0.1, -0.05) is 13.8 Å². The van der Waals surface area contributed by atoms with Crippen molar-refractivity contribution in [2.75, 3.05) is 6.54 Å². The van der Waals surface area contributed by atoms with E-state index in [4.69, 9.17) is 0 Å². The summed E-state index contributed by atoms with van der Waals surface area (Å²) in [4.78, 5) is 13.4. The maximum absolute atomic E-state index is 11.4. The van der Waals surface area contributed by atoms with Gasteiger partial charge in [-0.25, -0.2) is 0 Å². The third kappa shape index (κ3) is 1.47. The maximum Gasteiger partial charge on any atom is 0.223 e. The first-order chi connectivity index (χ1) is 5.64. The molecule has 1 fully saturated rings. The number of carbonyl (C=O) groups excluding carboxylic acids is 1. The lowest BCUT2D eigenvalue weighted by Gasteiger charge is -2.37. The van der Waals surface area contributed by atoms with Crippen LogP contribution in [0.5, 0.6) is 0 Å². The van der Waals surface area contributed by atoms with Crippen molar-refractivity contribution >= 4 is 5.91 Å². The lowest BCUT2D eigenvalue weighted by Crippen LogP contribution is -2.46. The van der Waals surface area contributed by atoms with Crippen molar-refractivity contribution in [1.82, 2.24) is 4.90 Å². The molecule has 0 saturated carbocycles. The highest BCUT2D eigenvalue weighted by molar-refractivity contribution is 5.78. The van der Waals surface area contributed by atoms with Crippen molar-refractivity contribution in [2.45, 2.75) is 45.1 Å². The molecule has 0 aromatic rings. The number of amides is 1. The van der Waals surface area contributed by atoms with E-state index < -0.39 is 0 Å². The Morgan fingerprint density at radius 2 is 2.33 bits per heavy atom. The van der Waals surface area contributed by atoms with Crippen LogP contribution in [0.3, 0.4) is 0 Å². The van der Waals surface area contributed by atoms with Gasteiger partial charge < -0.3 is 4.90 Å². The summed E-state index contributed by atoms with van der Waals surface area (Å²) in [5.74, 6) is 0.308. The molecule has 1 radical (unpaired) electrons. The van der Waals surface area contributed by atoms with E-state index in [1.54, 1.807) is 0 Å². The van der Waals surface area contributed by atoms with Crippen LogP contribution in [0.4, 0.5) is 0 Å². The Balaban J connectivity index is 2.71. The van der Waals surface area contributed by atoms with Crippen LogP contribution in [-0.4, -0.2) is 22.9 Å². The van der Waals surface area contributed by atoms with Gasteiger partial charge in [0.05, 0.1) is 0 Å². The zero-order valence-electron chi connectivity index (χ0n) is 8.10. The number of nitrogens with zero attached hydrogens (tertiary/aromatic N) is 1. The summed E-state index contributed by atoms with van der Waals surface area (Å²) in [5.41, 5.74) is 0.00752. The smallest absolute Gasteiger partial charge is 0.223 e. The molecule has 69 valence electrons. The summed E-state index contributed by atoms with van der Waals surface area (Å²) in [7, 11) is 0. The molecule has 0 aromatic carbocycles. The zero-order chi connectivity index (χ0) is 9.19. The summed E-state index contributed by atoms with van der Waals surface area (Å²) >= 11 is 0. The van der Waals surface area contributed by atoms with Crippen LogP contribution in [0.1, 0.15) is 39.5 Å². The van der Waals surface area contributed by atoms with E-state index in [-0.39, 0.29) is 5.54 Å². The van der Waals surface area contributed by atoms with Crippen molar-refractivity contribution in [3.63, 3.8) is 0 Å². The normalized spacial score (nSPS) is 18.9. The van der Waals surface area contributed by atoms with E-state index in [0.29, 0.717) is 5.91 Å². The van der Waals surface area contributed by atoms with Gasteiger partial charge in [-0.3, -0.25) is 4.79 Å². The third-order valence-corrected chi connectivity index (χ3v) is 3.03. The van der Waals surface area contributed by atoms with Crippen molar-refractivity contribution in [1.29, 1.82) is 0 Å². The first-order valence-corrected chi connectivity index (χ1v) is 4.74. The first kappa shape index (κ1) is 9.56. The molecule has 0 aromatic heterocycles. The maximum atomic E-state index is 11.4. The van der Waals surface area contributed by atoms with Crippen LogP contribution >= 0.6 is 0 Å². The lowest BCUT2D eigenvalue weighted by atomic mass is 9.93. The van der Waals surface area contributed by atoms with Crippen LogP contribution in [0.15, 0.2) is 0 Å². The Kier molecular flexibility index (Phi) is 2.76. The highest BCUT2D eigenvalue weighted by Gasteiger charge is 2.34. The summed E-state index contributed by atoms with van der Waals surface area (Å²) in [5, 5.41) is 0. The van der Waals surface area contributed by atoms with Gasteiger partial charge in [0.25, 0.3) is 0 Å². The van der Waals surface area contributed by atoms with Gasteiger partial charge in [-0.2, -0.15) is 0 Å². The molecule has 1 atom stereocenters. The molecule has 1 rings (SSSR count). The van der Waals surface area contributed by atoms with Gasteiger partial charge in [0.1, 0.15) is 0 Å². The van der Waals surface area contributed by atoms with Crippen molar-refractivity contribution in [3.8, 4) is 0 Å². The summed E-state index contributed by atoms with van der Waals surface area (Å²) in [6.45, 7) is 9.09. The van der Waals surface area contributed by atoms with E-state index >= 15 is 0 Å². The molecule has 1 amide bonds. The van der Waals surface area contributed by atoms with Crippen molar-refractivity contribution < 1.29 is 4.79 Å². The topological polar surface area (TPSA) is 20.3 Å². The Morgan fingerprint density at radius 1 is 1.67 bits per heavy atom. The Hall–Kier alpha value is -0.530. The van der Waals surface area contributed by atoms with E-state index in [9.17, 15) is 4.79 Å². The zero-order valence-corrected chi connectivity index (χ0v) is 8.10. The van der Waals surface area contributed by atoms with Gasteiger partial charge in [-0.15, -0.1) is 0 Å². The first-order valence-electron chi connectivity index (χ1n) is 4.74. The molecule has 2 nitrogen and oxygen atoms in total. The lowest BCUT2D eigenvalue weighted by molar-refractivity contribution is -0.132. The van der Waals surface area contributed by atoms with Gasteiger partial charge in [0.15, 0.2) is 0 Å². The second-order valence-corrected chi connectivity index (χ2v) is 3.75. The standard InChI is InChI=1S/C10H18NO/c1-4-10(3,5-2)11-8-6-7-9(11)12/h1,4-8H2,2-3H3. The van der Waals surface area contributed by atoms with Crippen LogP contribution in [0.2, 0.25) is 0 Å². The summed E-state index contributed by atoms with van der Waals surface area (Å²) in [6.07, 6.45) is 3.57. The predicted molar refractivity (Wildman–Crippen MR) is 49.6 cm³/mol. The molecule has 0 bridgehead atoms. The number of hydrogen-bond donors (Lipinski definition) is 0. The van der Waals surface area contributed by atoms with Crippen LogP contribution < -0.4 is 0 Å². The minimum atomic E-state index is 0.00752. The number of carbonyl (C=O) groups is 1. The molecule has 12 heavy (non-hydrogen) atoms. The Labute approximate surface area is 74.9 Å². The quantitative estimate of drug-likeness (QED) is 0.631. The van der Waals surface area contributed by atoms with E-state index in [0.717, 1.165) is 32.2 Å². The molecule has 0 N–H and O–H groups in total. The summed E-state index contributed by atoms with van der Waals surface area (Å²) < 4.78 is 0. The highest BCUT2D eigenvalue weighted by atomic mass is 16.2. The molecule has 0 spiro atoms. The van der Waals surface area contributed by atoms with E-state index in [1.807, 2.05) is 4.90 Å². The van der Waals surface area contributed by atoms with Crippen LogP contribution in [0.25, 0.3) is 0 Å². The van der Waals surface area contributed by atoms with Gasteiger partial charge in [0, 0.05) is 18.5 Å². The fraction of sp³-hybridized carbons (Fsp3) is 0.800. The van der Waals surface area contributed by atoms with Gasteiger partial charge >= 0.3 is 0 Å². The minimum Gasteiger partial charge on any atom is -0.337 e.